The van der Waals surface area contributed by atoms with E-state index in [4.69, 9.17) is 0 Å². The SMILES string of the molecule is O=C1CCC(c2cc(F)ccc2O)C(=O)N1. The molecular formula is C11H10FNO3. The summed E-state index contributed by atoms with van der Waals surface area (Å²) in [7, 11) is 0. The van der Waals surface area contributed by atoms with Gasteiger partial charge in [-0.15, -0.1) is 0 Å². The number of carbonyl (C=O) groups is 2. The van der Waals surface area contributed by atoms with Gasteiger partial charge < -0.3 is 5.11 Å². The highest BCUT2D eigenvalue weighted by molar-refractivity contribution is 6.01. The number of amides is 2. The Bertz CT molecular complexity index is 459. The number of aromatic hydroxyl groups is 1. The molecule has 1 saturated heterocycles. The first-order valence-electron chi connectivity index (χ1n) is 4.90. The van der Waals surface area contributed by atoms with Gasteiger partial charge in [-0.25, -0.2) is 4.39 Å². The highest BCUT2D eigenvalue weighted by atomic mass is 19.1. The first kappa shape index (κ1) is 10.6. The summed E-state index contributed by atoms with van der Waals surface area (Å²) in [6.07, 6.45) is 0.494. The van der Waals surface area contributed by atoms with Crippen molar-refractivity contribution >= 4 is 11.8 Å². The van der Waals surface area contributed by atoms with Crippen LogP contribution in [0.15, 0.2) is 18.2 Å². The largest absolute Gasteiger partial charge is 0.508 e. The molecule has 1 atom stereocenters. The maximum Gasteiger partial charge on any atom is 0.234 e. The average molecular weight is 223 g/mol. The van der Waals surface area contributed by atoms with Gasteiger partial charge in [0.25, 0.3) is 0 Å². The Hall–Kier alpha value is -1.91. The average Bonchev–Trinajstić information content (AvgIpc) is 2.22. The number of rotatable bonds is 1. The van der Waals surface area contributed by atoms with E-state index in [1.807, 2.05) is 0 Å². The third-order valence-electron chi connectivity index (χ3n) is 2.60. The van der Waals surface area contributed by atoms with Gasteiger partial charge in [0.2, 0.25) is 11.8 Å². The van der Waals surface area contributed by atoms with Crippen molar-refractivity contribution in [1.29, 1.82) is 0 Å². The van der Waals surface area contributed by atoms with Crippen molar-refractivity contribution in [2.45, 2.75) is 18.8 Å². The van der Waals surface area contributed by atoms with Crippen molar-refractivity contribution in [3.63, 3.8) is 0 Å². The van der Waals surface area contributed by atoms with E-state index in [-0.39, 0.29) is 23.6 Å². The van der Waals surface area contributed by atoms with E-state index in [2.05, 4.69) is 5.32 Å². The highest BCUT2D eigenvalue weighted by Gasteiger charge is 2.29. The smallest absolute Gasteiger partial charge is 0.234 e. The molecule has 0 radical (unpaired) electrons. The van der Waals surface area contributed by atoms with Gasteiger partial charge in [0.05, 0.1) is 5.92 Å². The van der Waals surface area contributed by atoms with Crippen LogP contribution in [-0.4, -0.2) is 16.9 Å². The van der Waals surface area contributed by atoms with Crippen LogP contribution in [0.5, 0.6) is 5.75 Å². The second kappa shape index (κ2) is 3.92. The number of carbonyl (C=O) groups excluding carboxylic acids is 2. The van der Waals surface area contributed by atoms with Crippen molar-refractivity contribution in [2.24, 2.45) is 0 Å². The number of hydrogen-bond acceptors (Lipinski definition) is 3. The standard InChI is InChI=1S/C11H10FNO3/c12-6-1-3-9(14)8(5-6)7-2-4-10(15)13-11(7)16/h1,3,5,7,14H,2,4H2,(H,13,15,16). The quantitative estimate of drug-likeness (QED) is 0.699. The summed E-state index contributed by atoms with van der Waals surface area (Å²) >= 11 is 0. The Balaban J connectivity index is 2.33. The molecular weight excluding hydrogens is 213 g/mol. The van der Waals surface area contributed by atoms with E-state index in [0.717, 1.165) is 12.1 Å². The molecule has 84 valence electrons. The molecule has 0 aromatic heterocycles. The first-order chi connectivity index (χ1) is 7.58. The van der Waals surface area contributed by atoms with Crippen LogP contribution < -0.4 is 5.32 Å². The molecule has 1 unspecified atom stereocenters. The predicted molar refractivity (Wildman–Crippen MR) is 53.2 cm³/mol. The summed E-state index contributed by atoms with van der Waals surface area (Å²) in [6, 6.07) is 3.44. The lowest BCUT2D eigenvalue weighted by molar-refractivity contribution is -0.134. The number of halogens is 1. The van der Waals surface area contributed by atoms with E-state index < -0.39 is 17.6 Å². The van der Waals surface area contributed by atoms with Gasteiger partial charge in [0, 0.05) is 12.0 Å². The number of phenols is 1. The molecule has 1 fully saturated rings. The molecule has 0 bridgehead atoms. The van der Waals surface area contributed by atoms with Gasteiger partial charge in [0.1, 0.15) is 11.6 Å². The molecule has 1 aromatic carbocycles. The monoisotopic (exact) mass is 223 g/mol. The topological polar surface area (TPSA) is 66.4 Å². The minimum atomic E-state index is -0.659. The molecule has 0 spiro atoms. The molecule has 2 amide bonds. The number of nitrogens with one attached hydrogen (secondary N) is 1. The number of imide groups is 1. The van der Waals surface area contributed by atoms with Crippen molar-refractivity contribution < 1.29 is 19.1 Å². The molecule has 1 aliphatic heterocycles. The third kappa shape index (κ3) is 1.88. The Morgan fingerprint density at radius 1 is 1.38 bits per heavy atom. The maximum absolute atomic E-state index is 13.0. The van der Waals surface area contributed by atoms with Crippen LogP contribution in [0.3, 0.4) is 0 Å². The van der Waals surface area contributed by atoms with E-state index in [1.165, 1.54) is 6.07 Å². The van der Waals surface area contributed by atoms with Crippen LogP contribution in [0.2, 0.25) is 0 Å². The zero-order chi connectivity index (χ0) is 11.7. The molecule has 5 heteroatoms. The Morgan fingerprint density at radius 2 is 2.12 bits per heavy atom. The lowest BCUT2D eigenvalue weighted by Crippen LogP contribution is -2.39. The van der Waals surface area contributed by atoms with E-state index in [0.29, 0.717) is 6.42 Å². The molecule has 1 aliphatic rings. The van der Waals surface area contributed by atoms with Crippen LogP contribution in [0.1, 0.15) is 24.3 Å². The summed E-state index contributed by atoms with van der Waals surface area (Å²) in [5.74, 6) is -2.13. The number of benzene rings is 1. The maximum atomic E-state index is 13.0. The summed E-state index contributed by atoms with van der Waals surface area (Å²) in [6.45, 7) is 0. The van der Waals surface area contributed by atoms with Gasteiger partial charge in [0.15, 0.2) is 0 Å². The number of hydrogen-bond donors (Lipinski definition) is 2. The van der Waals surface area contributed by atoms with Crippen LogP contribution in [0, 0.1) is 5.82 Å². The van der Waals surface area contributed by atoms with Crippen molar-refractivity contribution in [3.8, 4) is 5.75 Å². The molecule has 1 aromatic rings. The third-order valence-corrected chi connectivity index (χ3v) is 2.60. The fourth-order valence-corrected chi connectivity index (χ4v) is 1.79. The Labute approximate surface area is 91.1 Å². The zero-order valence-electron chi connectivity index (χ0n) is 8.37. The molecule has 0 saturated carbocycles. The van der Waals surface area contributed by atoms with Gasteiger partial charge >= 0.3 is 0 Å². The lowest BCUT2D eigenvalue weighted by atomic mass is 9.90. The zero-order valence-corrected chi connectivity index (χ0v) is 8.37. The molecule has 2 rings (SSSR count). The summed E-state index contributed by atoms with van der Waals surface area (Å²) < 4.78 is 13.0. The minimum Gasteiger partial charge on any atom is -0.508 e. The second-order valence-corrected chi connectivity index (χ2v) is 3.71. The molecule has 16 heavy (non-hydrogen) atoms. The second-order valence-electron chi connectivity index (χ2n) is 3.71. The van der Waals surface area contributed by atoms with Crippen molar-refractivity contribution in [3.05, 3.63) is 29.6 Å². The van der Waals surface area contributed by atoms with Gasteiger partial charge in [-0.05, 0) is 24.6 Å². The highest BCUT2D eigenvalue weighted by Crippen LogP contribution is 2.31. The summed E-state index contributed by atoms with van der Waals surface area (Å²) in [5.41, 5.74) is 0.227. The van der Waals surface area contributed by atoms with Crippen LogP contribution >= 0.6 is 0 Å². The molecule has 4 nitrogen and oxygen atoms in total. The fraction of sp³-hybridized carbons (Fsp3) is 0.273. The van der Waals surface area contributed by atoms with Gasteiger partial charge in [-0.3, -0.25) is 14.9 Å². The van der Waals surface area contributed by atoms with Gasteiger partial charge in [-0.1, -0.05) is 0 Å². The van der Waals surface area contributed by atoms with E-state index in [1.54, 1.807) is 0 Å². The predicted octanol–water partition coefficient (Wildman–Crippen LogP) is 1.05. The molecule has 2 N–H and O–H groups in total. The molecule has 1 heterocycles. The van der Waals surface area contributed by atoms with Crippen LogP contribution in [0.25, 0.3) is 0 Å². The summed E-state index contributed by atoms with van der Waals surface area (Å²) in [4.78, 5) is 22.4. The van der Waals surface area contributed by atoms with Gasteiger partial charge in [-0.2, -0.15) is 0 Å². The normalized spacial score (nSPS) is 20.7. The Morgan fingerprint density at radius 3 is 2.81 bits per heavy atom. The van der Waals surface area contributed by atoms with Crippen LogP contribution in [-0.2, 0) is 9.59 Å². The summed E-state index contributed by atoms with van der Waals surface area (Å²) in [5, 5.41) is 11.7. The van der Waals surface area contributed by atoms with Crippen molar-refractivity contribution in [2.75, 3.05) is 0 Å². The Kier molecular flexibility index (Phi) is 2.60. The fourth-order valence-electron chi connectivity index (χ4n) is 1.79. The number of phenolic OH excluding ortho intramolecular Hbond substituents is 1. The minimum absolute atomic E-state index is 0.129. The van der Waals surface area contributed by atoms with E-state index >= 15 is 0 Å². The van der Waals surface area contributed by atoms with Crippen LogP contribution in [0.4, 0.5) is 4.39 Å². The lowest BCUT2D eigenvalue weighted by Gasteiger charge is -2.21. The molecule has 0 aliphatic carbocycles. The first-order valence-corrected chi connectivity index (χ1v) is 4.90. The van der Waals surface area contributed by atoms with E-state index in [9.17, 15) is 19.1 Å². The van der Waals surface area contributed by atoms with Crippen molar-refractivity contribution in [1.82, 2.24) is 5.32 Å². The number of piperidine rings is 1.